The van der Waals surface area contributed by atoms with E-state index in [1.807, 2.05) is 18.2 Å². The molecule has 0 amide bonds. The minimum Gasteiger partial charge on any atom is -0.315 e. The monoisotopic (exact) mass is 368 g/mol. The van der Waals surface area contributed by atoms with Gasteiger partial charge in [-0.2, -0.15) is 13.2 Å². The zero-order valence-corrected chi connectivity index (χ0v) is 14.4. The van der Waals surface area contributed by atoms with E-state index in [9.17, 15) is 13.2 Å². The minimum absolute atomic E-state index is 0.110. The molecule has 0 aliphatic carbocycles. The third-order valence-electron chi connectivity index (χ3n) is 4.46. The zero-order chi connectivity index (χ0) is 17.9. The van der Waals surface area contributed by atoms with Crippen LogP contribution < -0.4 is 5.32 Å². The minimum atomic E-state index is -4.32. The van der Waals surface area contributed by atoms with Crippen LogP contribution in [0, 0.1) is 0 Å². The first-order valence-corrected chi connectivity index (χ1v) is 8.70. The number of nitrogens with one attached hydrogen (secondary N) is 1. The largest absolute Gasteiger partial charge is 0.416 e. The fourth-order valence-electron chi connectivity index (χ4n) is 3.27. The fraction of sp³-hybridized carbons (Fsp3) is 0.368. The van der Waals surface area contributed by atoms with Crippen molar-refractivity contribution in [3.8, 4) is 0 Å². The smallest absolute Gasteiger partial charge is 0.315 e. The molecule has 0 bridgehead atoms. The topological polar surface area (TPSA) is 15.3 Å². The van der Waals surface area contributed by atoms with Gasteiger partial charge in [-0.25, -0.2) is 0 Å². The molecule has 6 heteroatoms. The Balaban J connectivity index is 1.98. The van der Waals surface area contributed by atoms with Gasteiger partial charge in [0.1, 0.15) is 0 Å². The summed E-state index contributed by atoms with van der Waals surface area (Å²) in [4.78, 5) is 2.30. The van der Waals surface area contributed by atoms with Gasteiger partial charge in [0.25, 0.3) is 0 Å². The van der Waals surface area contributed by atoms with Gasteiger partial charge in [-0.1, -0.05) is 35.9 Å². The van der Waals surface area contributed by atoms with Gasteiger partial charge in [0.15, 0.2) is 0 Å². The van der Waals surface area contributed by atoms with Gasteiger partial charge in [0.05, 0.1) is 11.6 Å². The molecule has 0 saturated carbocycles. The van der Waals surface area contributed by atoms with Crippen molar-refractivity contribution in [2.45, 2.75) is 18.6 Å². The molecule has 1 saturated heterocycles. The zero-order valence-electron chi connectivity index (χ0n) is 13.7. The summed E-state index contributed by atoms with van der Waals surface area (Å²) in [6.45, 7) is 3.52. The molecule has 2 aromatic rings. The fourth-order valence-corrected chi connectivity index (χ4v) is 3.47. The van der Waals surface area contributed by atoms with E-state index in [0.717, 1.165) is 55.9 Å². The second-order valence-electron chi connectivity index (χ2n) is 6.22. The molecule has 0 radical (unpaired) electrons. The first-order valence-electron chi connectivity index (χ1n) is 8.32. The van der Waals surface area contributed by atoms with Crippen LogP contribution in [0.4, 0.5) is 13.2 Å². The lowest BCUT2D eigenvalue weighted by Gasteiger charge is -2.31. The molecule has 1 unspecified atom stereocenters. The Morgan fingerprint density at radius 2 is 1.72 bits per heavy atom. The van der Waals surface area contributed by atoms with E-state index in [4.69, 9.17) is 11.6 Å². The highest BCUT2D eigenvalue weighted by atomic mass is 35.5. The highest BCUT2D eigenvalue weighted by Gasteiger charge is 2.31. The van der Waals surface area contributed by atoms with E-state index in [-0.39, 0.29) is 6.04 Å². The molecular weight excluding hydrogens is 349 g/mol. The normalized spacial score (nSPS) is 17.9. The Morgan fingerprint density at radius 3 is 2.40 bits per heavy atom. The van der Waals surface area contributed by atoms with Gasteiger partial charge >= 0.3 is 6.18 Å². The molecule has 0 aromatic heterocycles. The molecule has 1 heterocycles. The van der Waals surface area contributed by atoms with E-state index in [1.54, 1.807) is 18.2 Å². The summed E-state index contributed by atoms with van der Waals surface area (Å²) in [5.74, 6) is 0. The van der Waals surface area contributed by atoms with Crippen molar-refractivity contribution in [3.05, 3.63) is 70.2 Å². The Kier molecular flexibility index (Phi) is 5.67. The van der Waals surface area contributed by atoms with E-state index in [2.05, 4.69) is 10.2 Å². The molecule has 3 rings (SSSR count). The van der Waals surface area contributed by atoms with Crippen LogP contribution in [0.15, 0.2) is 48.5 Å². The van der Waals surface area contributed by atoms with E-state index in [0.29, 0.717) is 5.02 Å². The average Bonchev–Trinajstić information content (AvgIpc) is 2.84. The van der Waals surface area contributed by atoms with Gasteiger partial charge in [-0.05, 0) is 48.4 Å². The van der Waals surface area contributed by atoms with Gasteiger partial charge in [0.2, 0.25) is 0 Å². The van der Waals surface area contributed by atoms with Crippen LogP contribution in [0.2, 0.25) is 5.02 Å². The number of nitrogens with zero attached hydrogens (tertiary/aromatic N) is 1. The number of hydrogen-bond acceptors (Lipinski definition) is 2. The second-order valence-corrected chi connectivity index (χ2v) is 6.65. The quantitative estimate of drug-likeness (QED) is 0.841. The van der Waals surface area contributed by atoms with Crippen LogP contribution in [0.3, 0.4) is 0 Å². The van der Waals surface area contributed by atoms with Crippen molar-refractivity contribution in [2.24, 2.45) is 0 Å². The highest BCUT2D eigenvalue weighted by molar-refractivity contribution is 6.30. The summed E-state index contributed by atoms with van der Waals surface area (Å²) in [7, 11) is 0. The van der Waals surface area contributed by atoms with Crippen molar-refractivity contribution in [2.75, 3.05) is 26.2 Å². The maximum Gasteiger partial charge on any atom is 0.416 e. The Morgan fingerprint density at radius 1 is 0.960 bits per heavy atom. The van der Waals surface area contributed by atoms with E-state index >= 15 is 0 Å². The van der Waals surface area contributed by atoms with Crippen LogP contribution in [-0.2, 0) is 6.18 Å². The molecule has 0 spiro atoms. The number of alkyl halides is 3. The summed E-state index contributed by atoms with van der Waals surface area (Å²) in [6, 6.07) is 12.9. The SMILES string of the molecule is FC(F)(F)c1ccc(C(c2cccc(Cl)c2)N2CCCNCC2)cc1. The van der Waals surface area contributed by atoms with Crippen LogP contribution in [0.5, 0.6) is 0 Å². The number of rotatable bonds is 3. The highest BCUT2D eigenvalue weighted by Crippen LogP contribution is 2.34. The third-order valence-corrected chi connectivity index (χ3v) is 4.69. The van der Waals surface area contributed by atoms with E-state index < -0.39 is 11.7 Å². The van der Waals surface area contributed by atoms with E-state index in [1.165, 1.54) is 0 Å². The average molecular weight is 369 g/mol. The molecule has 1 atom stereocenters. The molecule has 2 aromatic carbocycles. The molecule has 1 aliphatic heterocycles. The lowest BCUT2D eigenvalue weighted by Crippen LogP contribution is -2.33. The van der Waals surface area contributed by atoms with Gasteiger partial charge < -0.3 is 5.32 Å². The number of halogens is 4. The van der Waals surface area contributed by atoms with Gasteiger partial charge in [-0.15, -0.1) is 0 Å². The number of benzene rings is 2. The first-order chi connectivity index (χ1) is 11.9. The van der Waals surface area contributed by atoms with Gasteiger partial charge in [-0.3, -0.25) is 4.90 Å². The lowest BCUT2D eigenvalue weighted by molar-refractivity contribution is -0.137. The van der Waals surface area contributed by atoms with Crippen LogP contribution in [0.25, 0.3) is 0 Å². The molecular formula is C19H20ClF3N2. The Labute approximate surface area is 150 Å². The summed E-state index contributed by atoms with van der Waals surface area (Å²) in [6.07, 6.45) is -3.33. The van der Waals surface area contributed by atoms with Crippen molar-refractivity contribution in [1.82, 2.24) is 10.2 Å². The van der Waals surface area contributed by atoms with Crippen molar-refractivity contribution in [3.63, 3.8) is 0 Å². The molecule has 2 nitrogen and oxygen atoms in total. The summed E-state index contributed by atoms with van der Waals surface area (Å²) < 4.78 is 38.6. The van der Waals surface area contributed by atoms with Crippen LogP contribution in [-0.4, -0.2) is 31.1 Å². The summed E-state index contributed by atoms with van der Waals surface area (Å²) in [5.41, 5.74) is 1.21. The Bertz CT molecular complexity index is 693. The summed E-state index contributed by atoms with van der Waals surface area (Å²) >= 11 is 6.15. The molecule has 1 N–H and O–H groups in total. The predicted octanol–water partition coefficient (Wildman–Crippen LogP) is 4.74. The molecule has 25 heavy (non-hydrogen) atoms. The number of hydrogen-bond donors (Lipinski definition) is 1. The van der Waals surface area contributed by atoms with Crippen molar-refractivity contribution < 1.29 is 13.2 Å². The lowest BCUT2D eigenvalue weighted by atomic mass is 9.95. The Hall–Kier alpha value is -1.56. The van der Waals surface area contributed by atoms with Gasteiger partial charge in [0, 0.05) is 24.7 Å². The van der Waals surface area contributed by atoms with Crippen molar-refractivity contribution >= 4 is 11.6 Å². The predicted molar refractivity (Wildman–Crippen MR) is 93.8 cm³/mol. The maximum atomic E-state index is 12.9. The van der Waals surface area contributed by atoms with Crippen molar-refractivity contribution in [1.29, 1.82) is 0 Å². The first kappa shape index (κ1) is 18.2. The van der Waals surface area contributed by atoms with Crippen LogP contribution in [0.1, 0.15) is 29.2 Å². The summed E-state index contributed by atoms with van der Waals surface area (Å²) in [5, 5.41) is 3.99. The maximum absolute atomic E-state index is 12.9. The third kappa shape index (κ3) is 4.54. The molecule has 134 valence electrons. The molecule has 1 aliphatic rings. The second kappa shape index (κ2) is 7.77. The standard InChI is InChI=1S/C19H20ClF3N2/c20-17-4-1-3-15(13-17)18(25-11-2-9-24-10-12-25)14-5-7-16(8-6-14)19(21,22)23/h1,3-8,13,18,24H,2,9-12H2. The molecule has 1 fully saturated rings. The van der Waals surface area contributed by atoms with Crippen LogP contribution >= 0.6 is 11.6 Å².